The van der Waals surface area contributed by atoms with Crippen molar-refractivity contribution in [2.45, 2.75) is 71.1 Å². The Labute approximate surface area is 361 Å². The number of hydrogen-bond donors (Lipinski definition) is 0. The fourth-order valence-electron chi connectivity index (χ4n) is 5.55. The number of benzene rings is 3. The topological polar surface area (TPSA) is 184 Å². The SMILES string of the molecule is C=CC(=O)CCC(COC(=O)C=C)(COC(=O)C=C)COC(=O)CCC(=O)OCCCCCCCCOc1ccc(C(=O)Oc2ccc(OC(=O)c3ccc(C)cc3)cc2)cc1. The molecule has 14 nitrogen and oxygen atoms in total. The highest BCUT2D eigenvalue weighted by molar-refractivity contribution is 5.92. The van der Waals surface area contributed by atoms with E-state index in [0.717, 1.165) is 55.9 Å². The van der Waals surface area contributed by atoms with Crippen LogP contribution in [0.3, 0.4) is 0 Å². The van der Waals surface area contributed by atoms with Crippen molar-refractivity contribution in [3.8, 4) is 17.2 Å². The number of ether oxygens (including phenoxy) is 7. The van der Waals surface area contributed by atoms with Gasteiger partial charge in [0, 0.05) is 18.6 Å². The Morgan fingerprint density at radius 2 is 0.935 bits per heavy atom. The summed E-state index contributed by atoms with van der Waals surface area (Å²) in [6.45, 7) is 11.7. The van der Waals surface area contributed by atoms with E-state index in [-0.39, 0.29) is 57.9 Å². The van der Waals surface area contributed by atoms with Gasteiger partial charge < -0.3 is 33.2 Å². The van der Waals surface area contributed by atoms with Crippen LogP contribution in [0.2, 0.25) is 0 Å². The third-order valence-electron chi connectivity index (χ3n) is 9.27. The molecular formula is C48H54O14. The van der Waals surface area contributed by atoms with E-state index >= 15 is 0 Å². The molecule has 3 rings (SSSR count). The Kier molecular flexibility index (Phi) is 21.7. The molecule has 14 heteroatoms. The number of aryl methyl sites for hydroxylation is 1. The molecule has 0 aliphatic carbocycles. The molecule has 0 aromatic heterocycles. The second-order valence-electron chi connectivity index (χ2n) is 14.3. The minimum Gasteiger partial charge on any atom is -0.494 e. The predicted molar refractivity (Wildman–Crippen MR) is 228 cm³/mol. The standard InChI is InChI=1S/C48H54O14/c1-5-38(49)28-29-48(32-58-42(50)6-2,33-59-43(51)7-3)34-60-45(53)27-26-44(52)57-31-13-11-9-8-10-12-30-56-39-20-18-37(19-21-39)47(55)62-41-24-22-40(23-25-41)61-46(54)36-16-14-35(4)15-17-36/h5-7,14-25H,1-3,8-13,26-34H2,4H3. The first kappa shape index (κ1) is 49.5. The summed E-state index contributed by atoms with van der Waals surface area (Å²) in [7, 11) is 0. The van der Waals surface area contributed by atoms with Crippen LogP contribution in [0, 0.1) is 12.3 Å². The number of rotatable bonds is 29. The summed E-state index contributed by atoms with van der Waals surface area (Å²) in [6, 6.07) is 19.9. The zero-order valence-electron chi connectivity index (χ0n) is 35.1. The first-order chi connectivity index (χ1) is 29.8. The summed E-state index contributed by atoms with van der Waals surface area (Å²) >= 11 is 0. The van der Waals surface area contributed by atoms with E-state index in [1.165, 1.54) is 0 Å². The van der Waals surface area contributed by atoms with Crippen molar-refractivity contribution >= 4 is 41.6 Å². The van der Waals surface area contributed by atoms with Gasteiger partial charge in [0.15, 0.2) is 5.78 Å². The van der Waals surface area contributed by atoms with Crippen LogP contribution in [0.1, 0.15) is 90.5 Å². The van der Waals surface area contributed by atoms with Crippen LogP contribution in [0.5, 0.6) is 17.2 Å². The van der Waals surface area contributed by atoms with Crippen LogP contribution in [-0.4, -0.2) is 74.6 Å². The van der Waals surface area contributed by atoms with Gasteiger partial charge in [-0.2, -0.15) is 0 Å². The Morgan fingerprint density at radius 1 is 0.500 bits per heavy atom. The van der Waals surface area contributed by atoms with E-state index in [0.29, 0.717) is 41.4 Å². The van der Waals surface area contributed by atoms with Gasteiger partial charge in [-0.3, -0.25) is 14.4 Å². The Morgan fingerprint density at radius 3 is 1.44 bits per heavy atom. The molecule has 0 heterocycles. The quantitative estimate of drug-likeness (QED) is 0.0215. The maximum Gasteiger partial charge on any atom is 0.343 e. The average Bonchev–Trinajstić information content (AvgIpc) is 3.28. The zero-order chi connectivity index (χ0) is 45.2. The number of ketones is 1. The van der Waals surface area contributed by atoms with Crippen molar-refractivity contribution in [3.05, 3.63) is 127 Å². The molecule has 0 bridgehead atoms. The maximum absolute atomic E-state index is 12.7. The van der Waals surface area contributed by atoms with Crippen molar-refractivity contribution < 1.29 is 66.7 Å². The van der Waals surface area contributed by atoms with E-state index in [9.17, 15) is 33.6 Å². The molecule has 0 aliphatic heterocycles. The van der Waals surface area contributed by atoms with Crippen LogP contribution in [0.4, 0.5) is 0 Å². The number of carbonyl (C=O) groups excluding carboxylic acids is 7. The number of esters is 6. The zero-order valence-corrected chi connectivity index (χ0v) is 35.1. The minimum absolute atomic E-state index is 0.0321. The third kappa shape index (κ3) is 19.0. The van der Waals surface area contributed by atoms with Gasteiger partial charge in [-0.05, 0) is 92.9 Å². The first-order valence-electron chi connectivity index (χ1n) is 20.2. The molecule has 0 unspecified atom stereocenters. The van der Waals surface area contributed by atoms with Crippen molar-refractivity contribution in [2.75, 3.05) is 33.0 Å². The van der Waals surface area contributed by atoms with Crippen LogP contribution >= 0.6 is 0 Å². The first-order valence-corrected chi connectivity index (χ1v) is 20.2. The molecule has 0 fully saturated rings. The highest BCUT2D eigenvalue weighted by atomic mass is 16.6. The second-order valence-corrected chi connectivity index (χ2v) is 14.3. The lowest BCUT2D eigenvalue weighted by atomic mass is 9.84. The number of unbranched alkanes of at least 4 members (excludes halogenated alkanes) is 5. The lowest BCUT2D eigenvalue weighted by Crippen LogP contribution is -2.40. The summed E-state index contributed by atoms with van der Waals surface area (Å²) in [6.07, 6.45) is 7.70. The number of allylic oxidation sites excluding steroid dienone is 1. The van der Waals surface area contributed by atoms with E-state index in [1.54, 1.807) is 60.7 Å². The summed E-state index contributed by atoms with van der Waals surface area (Å²) in [5, 5.41) is 0. The van der Waals surface area contributed by atoms with Crippen LogP contribution in [0.15, 0.2) is 111 Å². The Balaban J connectivity index is 1.26. The summed E-state index contributed by atoms with van der Waals surface area (Å²) in [4.78, 5) is 85.3. The van der Waals surface area contributed by atoms with E-state index in [1.807, 2.05) is 19.1 Å². The summed E-state index contributed by atoms with van der Waals surface area (Å²) in [5.74, 6) is -2.89. The van der Waals surface area contributed by atoms with Gasteiger partial charge in [0.25, 0.3) is 0 Å². The maximum atomic E-state index is 12.7. The fourth-order valence-corrected chi connectivity index (χ4v) is 5.55. The molecule has 3 aromatic rings. The van der Waals surface area contributed by atoms with E-state index in [2.05, 4.69) is 19.7 Å². The Hall–Kier alpha value is -6.83. The summed E-state index contributed by atoms with van der Waals surface area (Å²) < 4.78 is 37.6. The van der Waals surface area contributed by atoms with Gasteiger partial charge in [0.1, 0.15) is 37.1 Å². The normalized spacial score (nSPS) is 10.7. The van der Waals surface area contributed by atoms with Crippen molar-refractivity contribution in [2.24, 2.45) is 5.41 Å². The van der Waals surface area contributed by atoms with Gasteiger partial charge in [-0.1, -0.05) is 63.1 Å². The van der Waals surface area contributed by atoms with Crippen molar-refractivity contribution in [1.82, 2.24) is 0 Å². The van der Waals surface area contributed by atoms with Crippen LogP contribution < -0.4 is 14.2 Å². The molecule has 0 saturated heterocycles. The molecule has 3 aromatic carbocycles. The fraction of sp³-hybridized carbons (Fsp3) is 0.354. The molecule has 0 radical (unpaired) electrons. The van der Waals surface area contributed by atoms with Gasteiger partial charge >= 0.3 is 35.8 Å². The van der Waals surface area contributed by atoms with Gasteiger partial charge in [0.05, 0.1) is 42.6 Å². The van der Waals surface area contributed by atoms with Crippen molar-refractivity contribution in [1.29, 1.82) is 0 Å². The van der Waals surface area contributed by atoms with Gasteiger partial charge in [-0.25, -0.2) is 19.2 Å². The number of hydrogen-bond acceptors (Lipinski definition) is 14. The largest absolute Gasteiger partial charge is 0.494 e. The van der Waals surface area contributed by atoms with Crippen LogP contribution in [0.25, 0.3) is 0 Å². The predicted octanol–water partition coefficient (Wildman–Crippen LogP) is 8.00. The second kappa shape index (κ2) is 27.1. The highest BCUT2D eigenvalue weighted by Gasteiger charge is 2.36. The minimum atomic E-state index is -1.26. The van der Waals surface area contributed by atoms with E-state index < -0.39 is 41.2 Å². The van der Waals surface area contributed by atoms with Gasteiger partial charge in [0.2, 0.25) is 0 Å². The van der Waals surface area contributed by atoms with E-state index in [4.69, 9.17) is 33.2 Å². The third-order valence-corrected chi connectivity index (χ3v) is 9.27. The number of carbonyl (C=O) groups is 7. The average molecular weight is 855 g/mol. The highest BCUT2D eigenvalue weighted by Crippen LogP contribution is 2.28. The van der Waals surface area contributed by atoms with Crippen molar-refractivity contribution in [3.63, 3.8) is 0 Å². The molecule has 0 atom stereocenters. The molecule has 0 amide bonds. The lowest BCUT2D eigenvalue weighted by molar-refractivity contribution is -0.160. The molecule has 330 valence electrons. The molecule has 0 spiro atoms. The molecule has 0 aliphatic rings. The van der Waals surface area contributed by atoms with Gasteiger partial charge in [-0.15, -0.1) is 0 Å². The molecule has 0 N–H and O–H groups in total. The molecule has 62 heavy (non-hydrogen) atoms. The lowest BCUT2D eigenvalue weighted by Gasteiger charge is -2.31. The monoisotopic (exact) mass is 854 g/mol. The Bertz CT molecular complexity index is 1920. The van der Waals surface area contributed by atoms with Crippen LogP contribution in [-0.2, 0) is 42.9 Å². The molecular weight excluding hydrogens is 801 g/mol. The summed E-state index contributed by atoms with van der Waals surface area (Å²) in [5.41, 5.74) is 0.560. The molecule has 0 saturated carbocycles. The smallest absolute Gasteiger partial charge is 0.343 e.